The molecule has 3 heterocycles. The highest BCUT2D eigenvalue weighted by molar-refractivity contribution is 6.19. The molecule has 0 spiro atoms. The van der Waals surface area contributed by atoms with Crippen LogP contribution in [0.5, 0.6) is 0 Å². The zero-order valence-corrected chi connectivity index (χ0v) is 23.0. The summed E-state index contributed by atoms with van der Waals surface area (Å²) in [6.07, 6.45) is 8.42. The molecule has 9 nitrogen and oxygen atoms in total. The van der Waals surface area contributed by atoms with Crippen molar-refractivity contribution in [2.75, 3.05) is 17.2 Å². The first-order valence-electron chi connectivity index (χ1n) is 13.4. The summed E-state index contributed by atoms with van der Waals surface area (Å²) >= 11 is 0. The number of hydrogen-bond donors (Lipinski definition) is 2. The minimum absolute atomic E-state index is 0.0473. The molecule has 2 radical (unpaired) electrons. The minimum Gasteiger partial charge on any atom is -0.443 e. The van der Waals surface area contributed by atoms with Crippen LogP contribution in [-0.4, -0.2) is 39.4 Å². The fourth-order valence-corrected chi connectivity index (χ4v) is 4.74. The average molecular weight is 546 g/mol. The van der Waals surface area contributed by atoms with E-state index in [9.17, 15) is 9.65 Å². The molecule has 0 amide bonds. The Morgan fingerprint density at radius 1 is 1.17 bits per heavy atom. The second-order valence-electron chi connectivity index (χ2n) is 11.6. The van der Waals surface area contributed by atoms with E-state index in [1.54, 1.807) is 24.5 Å². The predicted octanol–water partition coefficient (Wildman–Crippen LogP) is 5.77. The third-order valence-electron chi connectivity index (χ3n) is 7.06. The molecule has 6 rings (SSSR count). The number of nitrogens with one attached hydrogen (secondary N) is 2. The van der Waals surface area contributed by atoms with E-state index in [2.05, 4.69) is 57.8 Å². The first kappa shape index (κ1) is 26.5. The topological polar surface area (TPSA) is 117 Å². The first-order valence-corrected chi connectivity index (χ1v) is 13.4. The number of nitrogens with zero attached hydrogens (tertiary/aromatic N) is 6. The Kier molecular flexibility index (Phi) is 6.49. The lowest BCUT2D eigenvalue weighted by Crippen LogP contribution is -2.37. The zero-order chi connectivity index (χ0) is 28.8. The van der Waals surface area contributed by atoms with E-state index in [0.29, 0.717) is 63.0 Å². The molecule has 1 fully saturated rings. The van der Waals surface area contributed by atoms with Crippen molar-refractivity contribution in [3.63, 3.8) is 0 Å². The summed E-state index contributed by atoms with van der Waals surface area (Å²) in [5.41, 5.74) is 2.62. The van der Waals surface area contributed by atoms with Crippen molar-refractivity contribution in [3.8, 4) is 17.4 Å². The Bertz CT molecular complexity index is 1750. The number of benzene rings is 2. The number of aromatic nitrogens is 5. The van der Waals surface area contributed by atoms with Crippen LogP contribution in [0.2, 0.25) is 0 Å². The molecule has 204 valence electrons. The Morgan fingerprint density at radius 2 is 1.95 bits per heavy atom. The molecule has 0 saturated heterocycles. The Morgan fingerprint density at radius 3 is 2.61 bits per heavy atom. The van der Waals surface area contributed by atoms with Crippen LogP contribution in [0.1, 0.15) is 56.5 Å². The monoisotopic (exact) mass is 546 g/mol. The van der Waals surface area contributed by atoms with E-state index >= 15 is 0 Å². The molecule has 5 aromatic rings. The number of rotatable bonds is 8. The van der Waals surface area contributed by atoms with Gasteiger partial charge in [0.15, 0.2) is 12.2 Å². The second-order valence-corrected chi connectivity index (χ2v) is 11.6. The van der Waals surface area contributed by atoms with Crippen LogP contribution in [0, 0.1) is 22.6 Å². The number of anilines is 2. The normalized spacial score (nSPS) is 14.9. The van der Waals surface area contributed by atoms with Gasteiger partial charge in [-0.2, -0.15) is 5.26 Å². The molecule has 1 aliphatic carbocycles. The van der Waals surface area contributed by atoms with E-state index in [4.69, 9.17) is 12.3 Å². The third kappa shape index (κ3) is 5.25. The molecule has 11 heteroatoms. The molecule has 0 bridgehead atoms. The molecule has 1 aliphatic rings. The van der Waals surface area contributed by atoms with Gasteiger partial charge in [0.05, 0.1) is 40.6 Å². The highest BCUT2D eigenvalue weighted by Gasteiger charge is 2.34. The standard InChI is InChI=1S/C30H28BFN8O/c1-29(2,3)16-36-27-18(12-33)13-35-28-23(25-14-34-17-41-25)10-21(11-24(27)28)37-30(31,19-4-6-20(32)7-5-19)26-15-40(39-38-26)22-8-9-22/h4-7,10-11,13-15,17,22,37H,8-9,16H2,1-3H3,(H,35,36). The fourth-order valence-electron chi connectivity index (χ4n) is 4.74. The van der Waals surface area contributed by atoms with Gasteiger partial charge in [-0.1, -0.05) is 38.1 Å². The number of hydrogen-bond acceptors (Lipinski definition) is 8. The number of halogens is 1. The Hall–Kier alpha value is -4.72. The van der Waals surface area contributed by atoms with Crippen LogP contribution in [0.3, 0.4) is 0 Å². The summed E-state index contributed by atoms with van der Waals surface area (Å²) in [5, 5.41) is 26.3. The van der Waals surface area contributed by atoms with Gasteiger partial charge in [-0.05, 0) is 48.1 Å². The maximum atomic E-state index is 13.9. The molecular weight excluding hydrogens is 518 g/mol. The minimum atomic E-state index is -1.37. The molecule has 3 aromatic heterocycles. The van der Waals surface area contributed by atoms with Crippen LogP contribution in [0.25, 0.3) is 22.2 Å². The smallest absolute Gasteiger partial charge is 0.181 e. The lowest BCUT2D eigenvalue weighted by atomic mass is 9.69. The summed E-state index contributed by atoms with van der Waals surface area (Å²) in [7, 11) is 7.11. The second kappa shape index (κ2) is 10.0. The van der Waals surface area contributed by atoms with Gasteiger partial charge in [-0.15, -0.1) is 5.10 Å². The Labute approximate surface area is 238 Å². The molecular formula is C30H28BFN8O. The lowest BCUT2D eigenvalue weighted by Gasteiger charge is -2.32. The largest absolute Gasteiger partial charge is 0.443 e. The van der Waals surface area contributed by atoms with Gasteiger partial charge in [-0.3, -0.25) is 4.98 Å². The summed E-state index contributed by atoms with van der Waals surface area (Å²) in [6.45, 7) is 6.96. The van der Waals surface area contributed by atoms with Gasteiger partial charge < -0.3 is 15.1 Å². The molecule has 41 heavy (non-hydrogen) atoms. The van der Waals surface area contributed by atoms with Gasteiger partial charge in [0.1, 0.15) is 25.4 Å². The van der Waals surface area contributed by atoms with Crippen molar-refractivity contribution >= 4 is 30.1 Å². The average Bonchev–Trinajstić information content (AvgIpc) is 3.42. The van der Waals surface area contributed by atoms with Crippen molar-refractivity contribution in [2.45, 2.75) is 45.1 Å². The quantitative estimate of drug-likeness (QED) is 0.236. The summed E-state index contributed by atoms with van der Waals surface area (Å²) < 4.78 is 21.4. The molecule has 2 aromatic carbocycles. The number of oxazole rings is 1. The summed E-state index contributed by atoms with van der Waals surface area (Å²) in [5.74, 6) is 0.127. The number of nitriles is 1. The van der Waals surface area contributed by atoms with Crippen molar-refractivity contribution in [1.29, 1.82) is 5.26 Å². The Balaban J connectivity index is 1.54. The van der Waals surface area contributed by atoms with Crippen molar-refractivity contribution in [2.24, 2.45) is 5.41 Å². The number of fused-ring (bicyclic) bond motifs is 1. The first-order chi connectivity index (χ1) is 19.6. The van der Waals surface area contributed by atoms with Crippen LogP contribution in [-0.2, 0) is 5.44 Å². The number of pyridine rings is 1. The van der Waals surface area contributed by atoms with Crippen molar-refractivity contribution in [3.05, 3.63) is 84.0 Å². The van der Waals surface area contributed by atoms with E-state index in [1.165, 1.54) is 18.5 Å². The van der Waals surface area contributed by atoms with E-state index in [0.717, 1.165) is 12.8 Å². The van der Waals surface area contributed by atoms with E-state index in [-0.39, 0.29) is 11.2 Å². The lowest BCUT2D eigenvalue weighted by molar-refractivity contribution is 0.443. The molecule has 2 N–H and O–H groups in total. The molecule has 1 atom stereocenters. The van der Waals surface area contributed by atoms with Gasteiger partial charge >= 0.3 is 0 Å². The predicted molar refractivity (Wildman–Crippen MR) is 155 cm³/mol. The van der Waals surface area contributed by atoms with Crippen LogP contribution in [0.4, 0.5) is 15.8 Å². The molecule has 1 saturated carbocycles. The van der Waals surface area contributed by atoms with Gasteiger partial charge in [0.2, 0.25) is 0 Å². The van der Waals surface area contributed by atoms with Crippen LogP contribution in [0.15, 0.2) is 65.8 Å². The SMILES string of the molecule is [B]C(Nc1cc(-c2cnco2)c2ncc(C#N)c(NCC(C)(C)C)c2c1)(c1ccc(F)cc1)c1cn(C2CC2)nn1. The van der Waals surface area contributed by atoms with Crippen molar-refractivity contribution in [1.82, 2.24) is 25.0 Å². The van der Waals surface area contributed by atoms with E-state index in [1.807, 2.05) is 23.0 Å². The highest BCUT2D eigenvalue weighted by atomic mass is 19.1. The summed E-state index contributed by atoms with van der Waals surface area (Å²) in [6, 6.07) is 12.3. The maximum Gasteiger partial charge on any atom is 0.181 e. The summed E-state index contributed by atoms with van der Waals surface area (Å²) in [4.78, 5) is 8.73. The fraction of sp³-hybridized carbons (Fsp3) is 0.300. The van der Waals surface area contributed by atoms with Crippen LogP contribution >= 0.6 is 0 Å². The zero-order valence-electron chi connectivity index (χ0n) is 23.0. The van der Waals surface area contributed by atoms with Gasteiger partial charge in [0, 0.05) is 29.4 Å². The van der Waals surface area contributed by atoms with Crippen LogP contribution < -0.4 is 10.6 Å². The molecule has 1 unspecified atom stereocenters. The van der Waals surface area contributed by atoms with Gasteiger partial charge in [-0.25, -0.2) is 14.1 Å². The van der Waals surface area contributed by atoms with E-state index < -0.39 is 5.44 Å². The van der Waals surface area contributed by atoms with Gasteiger partial charge in [0.25, 0.3) is 0 Å². The maximum absolute atomic E-state index is 13.9. The highest BCUT2D eigenvalue weighted by Crippen LogP contribution is 2.40. The molecule has 0 aliphatic heterocycles. The van der Waals surface area contributed by atoms with Crippen molar-refractivity contribution < 1.29 is 8.81 Å². The third-order valence-corrected chi connectivity index (χ3v) is 7.06.